The molecule has 0 spiro atoms. The number of hydrogen-bond donors (Lipinski definition) is 1. The Labute approximate surface area is 150 Å². The van der Waals surface area contributed by atoms with Crippen LogP contribution in [0, 0.1) is 0 Å². The van der Waals surface area contributed by atoms with E-state index in [-0.39, 0.29) is 11.7 Å². The standard InChI is InChI=1S/C23H25NO/c1-3-4-9-18-14-15-23(25)20(16-18)22-13-8-12-21(24-22)17(2)19-10-6-5-7-11-19/h5-8,10-17,25H,3-4,9H2,1-2H3. The molecule has 2 aromatic carbocycles. The zero-order valence-corrected chi connectivity index (χ0v) is 14.9. The number of aryl methyl sites for hydroxylation is 1. The minimum absolute atomic E-state index is 0.214. The van der Waals surface area contributed by atoms with Gasteiger partial charge in [0.15, 0.2) is 0 Å². The average molecular weight is 331 g/mol. The maximum Gasteiger partial charge on any atom is 0.124 e. The van der Waals surface area contributed by atoms with Crippen molar-refractivity contribution in [3.05, 3.63) is 83.6 Å². The third kappa shape index (κ3) is 4.08. The Morgan fingerprint density at radius 1 is 0.960 bits per heavy atom. The van der Waals surface area contributed by atoms with Gasteiger partial charge >= 0.3 is 0 Å². The fourth-order valence-corrected chi connectivity index (χ4v) is 3.08. The third-order valence-corrected chi connectivity index (χ3v) is 4.67. The van der Waals surface area contributed by atoms with Crippen LogP contribution >= 0.6 is 0 Å². The predicted molar refractivity (Wildman–Crippen MR) is 104 cm³/mol. The second-order valence-electron chi connectivity index (χ2n) is 6.54. The highest BCUT2D eigenvalue weighted by molar-refractivity contribution is 5.67. The normalized spacial score (nSPS) is 12.1. The van der Waals surface area contributed by atoms with E-state index in [0.29, 0.717) is 0 Å². The first-order chi connectivity index (χ1) is 12.2. The molecule has 1 aromatic heterocycles. The highest BCUT2D eigenvalue weighted by Gasteiger charge is 2.12. The van der Waals surface area contributed by atoms with Crippen molar-refractivity contribution in [1.29, 1.82) is 0 Å². The molecule has 0 radical (unpaired) electrons. The van der Waals surface area contributed by atoms with Gasteiger partial charge in [0, 0.05) is 17.2 Å². The molecular weight excluding hydrogens is 306 g/mol. The minimum atomic E-state index is 0.214. The Bertz CT molecular complexity index is 827. The van der Waals surface area contributed by atoms with Crippen LogP contribution in [0.1, 0.15) is 49.4 Å². The molecule has 3 rings (SSSR count). The van der Waals surface area contributed by atoms with Crippen molar-refractivity contribution in [3.63, 3.8) is 0 Å². The molecule has 3 aromatic rings. The summed E-state index contributed by atoms with van der Waals surface area (Å²) in [6.07, 6.45) is 3.35. The summed E-state index contributed by atoms with van der Waals surface area (Å²) in [6, 6.07) is 22.3. The smallest absolute Gasteiger partial charge is 0.124 e. The Kier molecular flexibility index (Phi) is 5.49. The van der Waals surface area contributed by atoms with Crippen LogP contribution in [-0.2, 0) is 6.42 Å². The van der Waals surface area contributed by atoms with E-state index < -0.39 is 0 Å². The van der Waals surface area contributed by atoms with Crippen LogP contribution in [0.2, 0.25) is 0 Å². The van der Waals surface area contributed by atoms with E-state index >= 15 is 0 Å². The number of hydrogen-bond acceptors (Lipinski definition) is 2. The van der Waals surface area contributed by atoms with Crippen molar-refractivity contribution in [2.75, 3.05) is 0 Å². The number of phenolic OH excluding ortho intramolecular Hbond substituents is 1. The SMILES string of the molecule is CCCCc1ccc(O)c(-c2cccc(C(C)c3ccccc3)n2)c1. The Balaban J connectivity index is 1.94. The quantitative estimate of drug-likeness (QED) is 0.605. The van der Waals surface area contributed by atoms with Gasteiger partial charge in [-0.15, -0.1) is 0 Å². The van der Waals surface area contributed by atoms with Crippen LogP contribution in [0.5, 0.6) is 5.75 Å². The lowest BCUT2D eigenvalue weighted by atomic mass is 9.96. The maximum atomic E-state index is 10.3. The molecule has 0 amide bonds. The Morgan fingerprint density at radius 2 is 1.76 bits per heavy atom. The van der Waals surface area contributed by atoms with Gasteiger partial charge in [-0.3, -0.25) is 4.98 Å². The Morgan fingerprint density at radius 3 is 2.52 bits per heavy atom. The molecule has 0 aliphatic carbocycles. The first-order valence-corrected chi connectivity index (χ1v) is 9.03. The van der Waals surface area contributed by atoms with Crippen LogP contribution in [0.3, 0.4) is 0 Å². The van der Waals surface area contributed by atoms with Crippen LogP contribution in [-0.4, -0.2) is 10.1 Å². The van der Waals surface area contributed by atoms with Gasteiger partial charge in [-0.25, -0.2) is 0 Å². The summed E-state index contributed by atoms with van der Waals surface area (Å²) in [7, 11) is 0. The monoisotopic (exact) mass is 331 g/mol. The third-order valence-electron chi connectivity index (χ3n) is 4.67. The number of aromatic hydroxyl groups is 1. The van der Waals surface area contributed by atoms with Crippen molar-refractivity contribution in [1.82, 2.24) is 4.98 Å². The summed E-state index contributed by atoms with van der Waals surface area (Å²) in [5, 5.41) is 10.3. The van der Waals surface area contributed by atoms with Crippen LogP contribution in [0.25, 0.3) is 11.3 Å². The zero-order valence-electron chi connectivity index (χ0n) is 14.9. The number of benzene rings is 2. The minimum Gasteiger partial charge on any atom is -0.507 e. The number of aromatic nitrogens is 1. The van der Waals surface area contributed by atoms with Crippen molar-refractivity contribution in [2.45, 2.75) is 39.0 Å². The second kappa shape index (κ2) is 7.98. The molecule has 0 saturated heterocycles. The molecule has 0 fully saturated rings. The van der Waals surface area contributed by atoms with Crippen molar-refractivity contribution in [3.8, 4) is 17.0 Å². The van der Waals surface area contributed by atoms with Gasteiger partial charge in [0.1, 0.15) is 5.75 Å². The zero-order chi connectivity index (χ0) is 17.6. The Hall–Kier alpha value is -2.61. The molecule has 2 nitrogen and oxygen atoms in total. The molecular formula is C23H25NO. The molecule has 128 valence electrons. The number of pyridine rings is 1. The van der Waals surface area contributed by atoms with E-state index in [1.54, 1.807) is 6.07 Å². The summed E-state index contributed by atoms with van der Waals surface area (Å²) < 4.78 is 0. The molecule has 1 unspecified atom stereocenters. The van der Waals surface area contributed by atoms with E-state index in [2.05, 4.69) is 50.2 Å². The van der Waals surface area contributed by atoms with E-state index in [0.717, 1.165) is 29.8 Å². The van der Waals surface area contributed by atoms with Crippen molar-refractivity contribution < 1.29 is 5.11 Å². The van der Waals surface area contributed by atoms with Crippen LogP contribution in [0.15, 0.2) is 66.7 Å². The summed E-state index contributed by atoms with van der Waals surface area (Å²) >= 11 is 0. The highest BCUT2D eigenvalue weighted by Crippen LogP contribution is 2.31. The topological polar surface area (TPSA) is 33.1 Å². The molecule has 1 atom stereocenters. The lowest BCUT2D eigenvalue weighted by Gasteiger charge is -2.14. The van der Waals surface area contributed by atoms with Gasteiger partial charge in [-0.2, -0.15) is 0 Å². The summed E-state index contributed by atoms with van der Waals surface area (Å²) in [4.78, 5) is 4.84. The summed E-state index contributed by atoms with van der Waals surface area (Å²) in [5.74, 6) is 0.504. The predicted octanol–water partition coefficient (Wildman–Crippen LogP) is 5.95. The van der Waals surface area contributed by atoms with Gasteiger partial charge in [0.25, 0.3) is 0 Å². The fourth-order valence-electron chi connectivity index (χ4n) is 3.08. The molecule has 0 aliphatic heterocycles. The van der Waals surface area contributed by atoms with Crippen molar-refractivity contribution >= 4 is 0 Å². The molecule has 0 aliphatic rings. The number of unbranched alkanes of at least 4 members (excludes halogenated alkanes) is 1. The van der Waals surface area contributed by atoms with E-state index in [4.69, 9.17) is 4.98 Å². The lowest BCUT2D eigenvalue weighted by Crippen LogP contribution is -2.00. The molecule has 2 heteroatoms. The summed E-state index contributed by atoms with van der Waals surface area (Å²) in [6.45, 7) is 4.36. The van der Waals surface area contributed by atoms with E-state index in [1.807, 2.05) is 24.3 Å². The van der Waals surface area contributed by atoms with Gasteiger partial charge in [-0.1, -0.05) is 62.7 Å². The fraction of sp³-hybridized carbons (Fsp3) is 0.261. The largest absolute Gasteiger partial charge is 0.507 e. The van der Waals surface area contributed by atoms with Gasteiger partial charge in [0.05, 0.1) is 5.69 Å². The molecule has 25 heavy (non-hydrogen) atoms. The van der Waals surface area contributed by atoms with Crippen LogP contribution in [0.4, 0.5) is 0 Å². The number of phenols is 1. The summed E-state index contributed by atoms with van der Waals surface area (Å²) in [5.41, 5.74) is 5.15. The first-order valence-electron chi connectivity index (χ1n) is 9.03. The highest BCUT2D eigenvalue weighted by atomic mass is 16.3. The van der Waals surface area contributed by atoms with Gasteiger partial charge in [0.2, 0.25) is 0 Å². The van der Waals surface area contributed by atoms with Gasteiger partial charge < -0.3 is 5.11 Å². The van der Waals surface area contributed by atoms with E-state index in [1.165, 1.54) is 17.5 Å². The molecule has 1 heterocycles. The van der Waals surface area contributed by atoms with Crippen LogP contribution < -0.4 is 0 Å². The van der Waals surface area contributed by atoms with Gasteiger partial charge in [-0.05, 0) is 48.2 Å². The molecule has 0 bridgehead atoms. The van der Waals surface area contributed by atoms with E-state index in [9.17, 15) is 5.11 Å². The number of rotatable bonds is 6. The second-order valence-corrected chi connectivity index (χ2v) is 6.54. The first kappa shape index (κ1) is 17.2. The average Bonchev–Trinajstić information content (AvgIpc) is 2.67. The lowest BCUT2D eigenvalue weighted by molar-refractivity contribution is 0.477. The number of nitrogens with zero attached hydrogens (tertiary/aromatic N) is 1. The molecule has 1 N–H and O–H groups in total. The molecule has 0 saturated carbocycles. The maximum absolute atomic E-state index is 10.3. The van der Waals surface area contributed by atoms with Crippen molar-refractivity contribution in [2.24, 2.45) is 0 Å².